The van der Waals surface area contributed by atoms with Crippen molar-refractivity contribution in [3.8, 4) is 0 Å². The molecule has 2 aromatic heterocycles. The smallest absolute Gasteiger partial charge is 0.266 e. The predicted molar refractivity (Wildman–Crippen MR) is 109 cm³/mol. The summed E-state index contributed by atoms with van der Waals surface area (Å²) in [6.45, 7) is 7.76. The minimum atomic E-state index is -2.74. The van der Waals surface area contributed by atoms with E-state index in [-0.39, 0.29) is 31.0 Å². The summed E-state index contributed by atoms with van der Waals surface area (Å²) in [5.74, 6) is -1.76. The van der Waals surface area contributed by atoms with Gasteiger partial charge in [0.25, 0.3) is 5.92 Å². The normalized spacial score (nSPS) is 17.8. The highest BCUT2D eigenvalue weighted by Crippen LogP contribution is 2.35. The van der Waals surface area contributed by atoms with Crippen molar-refractivity contribution >= 4 is 28.6 Å². The van der Waals surface area contributed by atoms with E-state index in [0.717, 1.165) is 5.56 Å². The molecule has 0 amide bonds. The van der Waals surface area contributed by atoms with E-state index < -0.39 is 5.92 Å². The van der Waals surface area contributed by atoms with Gasteiger partial charge in [0.05, 0.1) is 12.6 Å². The molecule has 0 N–H and O–H groups in total. The summed E-state index contributed by atoms with van der Waals surface area (Å²) < 4.78 is 29.4. The van der Waals surface area contributed by atoms with Crippen molar-refractivity contribution in [3.63, 3.8) is 0 Å². The van der Waals surface area contributed by atoms with Crippen LogP contribution in [0.25, 0.3) is 11.2 Å². The quantitative estimate of drug-likeness (QED) is 0.618. The van der Waals surface area contributed by atoms with Crippen LogP contribution < -0.4 is 4.90 Å². The molecule has 1 aliphatic heterocycles. The highest BCUT2D eigenvalue weighted by Gasteiger charge is 2.40. The Kier molecular flexibility index (Phi) is 4.72. The number of alkyl halides is 2. The molecule has 0 unspecified atom stereocenters. The molecule has 1 aromatic carbocycles. The van der Waals surface area contributed by atoms with Gasteiger partial charge in [-0.1, -0.05) is 55.8 Å². The van der Waals surface area contributed by atoms with Crippen LogP contribution in [0.2, 0.25) is 5.02 Å². The Hall–Kier alpha value is -2.35. The number of hydrogen-bond acceptors (Lipinski definition) is 5. The molecule has 3 heterocycles. The van der Waals surface area contributed by atoms with Gasteiger partial charge in [0.15, 0.2) is 17.0 Å². The number of anilines is 1. The molecule has 3 aromatic rings. The minimum Gasteiger partial charge on any atom is -0.348 e. The monoisotopic (exact) mass is 420 g/mol. The van der Waals surface area contributed by atoms with Gasteiger partial charge in [-0.15, -0.1) is 5.10 Å². The third-order valence-electron chi connectivity index (χ3n) is 5.17. The molecule has 6 nitrogen and oxygen atoms in total. The maximum Gasteiger partial charge on any atom is 0.266 e. The molecule has 4 rings (SSSR count). The molecule has 29 heavy (non-hydrogen) atoms. The Labute approximate surface area is 172 Å². The number of hydrogen-bond donors (Lipinski definition) is 0. The third kappa shape index (κ3) is 3.66. The summed E-state index contributed by atoms with van der Waals surface area (Å²) in [6.07, 6.45) is -0.201. The van der Waals surface area contributed by atoms with E-state index >= 15 is 0 Å². The van der Waals surface area contributed by atoms with Gasteiger partial charge >= 0.3 is 0 Å². The first-order chi connectivity index (χ1) is 13.6. The summed E-state index contributed by atoms with van der Waals surface area (Å²) in [4.78, 5) is 10.9. The van der Waals surface area contributed by atoms with E-state index in [1.54, 1.807) is 9.58 Å². The number of benzene rings is 1. The van der Waals surface area contributed by atoms with Crippen LogP contribution in [0.3, 0.4) is 0 Å². The number of aromatic nitrogens is 5. The summed E-state index contributed by atoms with van der Waals surface area (Å²) >= 11 is 6.37. The zero-order valence-corrected chi connectivity index (χ0v) is 17.6. The highest BCUT2D eigenvalue weighted by molar-refractivity contribution is 6.31. The topological polar surface area (TPSA) is 59.7 Å². The number of rotatable bonds is 3. The second-order valence-corrected chi connectivity index (χ2v) is 8.96. The Morgan fingerprint density at radius 1 is 1.17 bits per heavy atom. The van der Waals surface area contributed by atoms with Gasteiger partial charge < -0.3 is 4.90 Å². The number of nitrogens with zero attached hydrogens (tertiary/aromatic N) is 6. The van der Waals surface area contributed by atoms with Crippen molar-refractivity contribution in [2.45, 2.75) is 51.5 Å². The van der Waals surface area contributed by atoms with Crippen LogP contribution in [0.15, 0.2) is 24.3 Å². The molecule has 1 fully saturated rings. The van der Waals surface area contributed by atoms with Gasteiger partial charge in [-0.05, 0) is 18.6 Å². The van der Waals surface area contributed by atoms with Crippen molar-refractivity contribution in [2.75, 3.05) is 18.0 Å². The first-order valence-electron chi connectivity index (χ1n) is 9.57. The van der Waals surface area contributed by atoms with Crippen LogP contribution in [-0.2, 0) is 5.41 Å². The van der Waals surface area contributed by atoms with Crippen LogP contribution >= 0.6 is 11.6 Å². The fraction of sp³-hybridized carbons (Fsp3) is 0.500. The van der Waals surface area contributed by atoms with Gasteiger partial charge in [0.2, 0.25) is 0 Å². The zero-order chi connectivity index (χ0) is 21.0. The van der Waals surface area contributed by atoms with Crippen LogP contribution in [0.1, 0.15) is 51.5 Å². The molecule has 154 valence electrons. The molecule has 0 saturated carbocycles. The van der Waals surface area contributed by atoms with Crippen LogP contribution in [0.4, 0.5) is 14.6 Å². The van der Waals surface area contributed by atoms with Gasteiger partial charge in [-0.2, -0.15) is 0 Å². The molecule has 1 atom stereocenters. The fourth-order valence-corrected chi connectivity index (χ4v) is 3.79. The molecular weight excluding hydrogens is 398 g/mol. The fourth-order valence-electron chi connectivity index (χ4n) is 3.50. The Balaban J connectivity index is 1.88. The average molecular weight is 421 g/mol. The van der Waals surface area contributed by atoms with Gasteiger partial charge in [0.1, 0.15) is 5.82 Å². The van der Waals surface area contributed by atoms with Crippen LogP contribution in [0.5, 0.6) is 0 Å². The summed E-state index contributed by atoms with van der Waals surface area (Å²) in [6, 6.07) is 7.28. The van der Waals surface area contributed by atoms with Gasteiger partial charge in [-0.25, -0.2) is 23.4 Å². The molecule has 1 saturated heterocycles. The lowest BCUT2D eigenvalue weighted by molar-refractivity contribution is 0.0257. The second-order valence-electron chi connectivity index (χ2n) is 8.55. The average Bonchev–Trinajstić information content (AvgIpc) is 3.23. The summed E-state index contributed by atoms with van der Waals surface area (Å²) in [5, 5.41) is 9.18. The molecule has 0 aliphatic carbocycles. The Morgan fingerprint density at radius 2 is 1.90 bits per heavy atom. The molecule has 9 heteroatoms. The first kappa shape index (κ1) is 19.9. The van der Waals surface area contributed by atoms with E-state index in [9.17, 15) is 8.78 Å². The van der Waals surface area contributed by atoms with E-state index in [0.29, 0.717) is 27.8 Å². The predicted octanol–water partition coefficient (Wildman–Crippen LogP) is 4.63. The lowest BCUT2D eigenvalue weighted by atomic mass is 9.95. The van der Waals surface area contributed by atoms with Crippen molar-refractivity contribution in [1.29, 1.82) is 0 Å². The van der Waals surface area contributed by atoms with E-state index in [1.165, 1.54) is 0 Å². The van der Waals surface area contributed by atoms with Crippen molar-refractivity contribution in [3.05, 3.63) is 40.7 Å². The van der Waals surface area contributed by atoms with E-state index in [2.05, 4.69) is 15.3 Å². The summed E-state index contributed by atoms with van der Waals surface area (Å²) in [7, 11) is 0. The molecule has 1 aliphatic rings. The Bertz CT molecular complexity index is 1060. The largest absolute Gasteiger partial charge is 0.348 e. The minimum absolute atomic E-state index is 0.201. The number of fused-ring (bicyclic) bond motifs is 1. The van der Waals surface area contributed by atoms with Crippen molar-refractivity contribution in [2.24, 2.45) is 0 Å². The van der Waals surface area contributed by atoms with Crippen molar-refractivity contribution in [1.82, 2.24) is 25.0 Å². The SMILES string of the molecule is C[C@@H](c1ccccc1Cl)n1nnc2c(N3CCC(F)(F)C3)nc(C(C)(C)C)nc21. The first-order valence-corrected chi connectivity index (χ1v) is 9.95. The highest BCUT2D eigenvalue weighted by atomic mass is 35.5. The zero-order valence-electron chi connectivity index (χ0n) is 16.8. The third-order valence-corrected chi connectivity index (χ3v) is 5.51. The molecule has 0 bridgehead atoms. The lowest BCUT2D eigenvalue weighted by Gasteiger charge is -2.22. The van der Waals surface area contributed by atoms with Gasteiger partial charge in [0, 0.05) is 23.4 Å². The molecule has 0 radical (unpaired) electrons. The maximum atomic E-state index is 13.9. The second kappa shape index (κ2) is 6.86. The van der Waals surface area contributed by atoms with E-state index in [4.69, 9.17) is 16.6 Å². The lowest BCUT2D eigenvalue weighted by Crippen LogP contribution is -2.27. The number of halogens is 3. The standard InChI is InChI=1S/C20H23ClF2N6/c1-12(13-7-5-6-8-14(13)21)29-17-15(26-27-29)16(24-18(25-17)19(2,3)4)28-10-9-20(22,23)11-28/h5-8,12H,9-11H2,1-4H3/t12-/m0/s1. The van der Waals surface area contributed by atoms with E-state index in [1.807, 2.05) is 52.0 Å². The molecular formula is C20H23ClF2N6. The Morgan fingerprint density at radius 3 is 2.52 bits per heavy atom. The van der Waals surface area contributed by atoms with Crippen molar-refractivity contribution < 1.29 is 8.78 Å². The van der Waals surface area contributed by atoms with Crippen LogP contribution in [-0.4, -0.2) is 44.0 Å². The maximum absolute atomic E-state index is 13.9. The van der Waals surface area contributed by atoms with Crippen LogP contribution in [0, 0.1) is 0 Å². The van der Waals surface area contributed by atoms with Gasteiger partial charge in [-0.3, -0.25) is 0 Å². The summed E-state index contributed by atoms with van der Waals surface area (Å²) in [5.41, 5.74) is 1.46. The molecule has 0 spiro atoms.